The van der Waals surface area contributed by atoms with E-state index in [0.29, 0.717) is 28.4 Å². The first-order chi connectivity index (χ1) is 14.9. The Hall–Kier alpha value is -3.32. The molecule has 2 heterocycles. The van der Waals surface area contributed by atoms with Gasteiger partial charge in [0.15, 0.2) is 0 Å². The first-order valence-corrected chi connectivity index (χ1v) is 10.4. The topological polar surface area (TPSA) is 79.0 Å². The highest BCUT2D eigenvalue weighted by Gasteiger charge is 2.43. The summed E-state index contributed by atoms with van der Waals surface area (Å²) < 4.78 is 5.22. The van der Waals surface area contributed by atoms with Gasteiger partial charge in [-0.3, -0.25) is 9.69 Å². The van der Waals surface area contributed by atoms with Crippen molar-refractivity contribution in [3.8, 4) is 0 Å². The molecule has 3 amide bonds. The van der Waals surface area contributed by atoms with Gasteiger partial charge in [0.2, 0.25) is 5.91 Å². The van der Waals surface area contributed by atoms with Gasteiger partial charge in [-0.2, -0.15) is 0 Å². The Labute approximate surface area is 185 Å². The van der Waals surface area contributed by atoms with Gasteiger partial charge in [-0.15, -0.1) is 0 Å². The summed E-state index contributed by atoms with van der Waals surface area (Å²) in [6.45, 7) is 4.00. The Balaban J connectivity index is 1.65. The monoisotopic (exact) mass is 439 g/mol. The maximum atomic E-state index is 13.1. The molecule has 0 bridgehead atoms. The van der Waals surface area contributed by atoms with E-state index in [1.165, 1.54) is 4.90 Å². The second kappa shape index (κ2) is 8.43. The zero-order valence-corrected chi connectivity index (χ0v) is 18.0. The molecule has 0 unspecified atom stereocenters. The van der Waals surface area contributed by atoms with Crippen molar-refractivity contribution in [2.45, 2.75) is 19.9 Å². The second-order valence-electron chi connectivity index (χ2n) is 7.40. The van der Waals surface area contributed by atoms with Crippen molar-refractivity contribution in [1.82, 2.24) is 10.2 Å². The predicted molar refractivity (Wildman–Crippen MR) is 117 cm³/mol. The Bertz CT molecular complexity index is 1100. The van der Waals surface area contributed by atoms with Crippen LogP contribution in [0, 0.1) is 6.92 Å². The van der Waals surface area contributed by atoms with Gasteiger partial charge in [0, 0.05) is 17.3 Å². The van der Waals surface area contributed by atoms with Crippen LogP contribution in [-0.2, 0) is 14.3 Å². The summed E-state index contributed by atoms with van der Waals surface area (Å²) in [5.41, 5.74) is 3.09. The zero-order chi connectivity index (χ0) is 22.1. The van der Waals surface area contributed by atoms with E-state index in [1.807, 2.05) is 38.1 Å². The molecule has 1 atom stereocenters. The maximum absolute atomic E-state index is 13.1. The third-order valence-corrected chi connectivity index (χ3v) is 5.78. The molecule has 0 saturated heterocycles. The van der Waals surface area contributed by atoms with Crippen molar-refractivity contribution < 1.29 is 19.1 Å². The number of ether oxygens (including phenoxy) is 1. The molecule has 4 rings (SSSR count). The number of benzene rings is 2. The smallest absolute Gasteiger partial charge is 0.338 e. The van der Waals surface area contributed by atoms with Crippen LogP contribution in [0.25, 0.3) is 0 Å². The standard InChI is InChI=1S/C23H22ClN3O4/c1-3-26(15-8-6-7-14(2)11-15)19(28)12-27-18-13-31-22(29)20(18)21(25-23(27)30)16-9-4-5-10-17(16)24/h4-11,21H,3,12-13H2,1-2H3,(H,25,30)/t21-/m1/s1. The lowest BCUT2D eigenvalue weighted by Crippen LogP contribution is -2.51. The number of cyclic esters (lactones) is 1. The minimum absolute atomic E-state index is 0.0631. The van der Waals surface area contributed by atoms with E-state index in [9.17, 15) is 14.4 Å². The molecule has 0 fully saturated rings. The quantitative estimate of drug-likeness (QED) is 0.722. The van der Waals surface area contributed by atoms with Crippen molar-refractivity contribution in [2.75, 3.05) is 24.6 Å². The Morgan fingerprint density at radius 1 is 1.23 bits per heavy atom. The highest BCUT2D eigenvalue weighted by atomic mass is 35.5. The number of halogens is 1. The summed E-state index contributed by atoms with van der Waals surface area (Å²) in [7, 11) is 0. The van der Waals surface area contributed by atoms with E-state index >= 15 is 0 Å². The minimum atomic E-state index is -0.725. The number of hydrogen-bond donors (Lipinski definition) is 1. The summed E-state index contributed by atoms with van der Waals surface area (Å²) in [4.78, 5) is 41.5. The first-order valence-electron chi connectivity index (χ1n) is 10.00. The number of carbonyl (C=O) groups is 3. The summed E-state index contributed by atoms with van der Waals surface area (Å²) in [5.74, 6) is -0.783. The molecular weight excluding hydrogens is 418 g/mol. The van der Waals surface area contributed by atoms with Gasteiger partial charge < -0.3 is 15.0 Å². The number of rotatable bonds is 5. The number of anilines is 1. The molecule has 2 aromatic carbocycles. The third-order valence-electron chi connectivity index (χ3n) is 5.44. The molecule has 2 aliphatic heterocycles. The van der Waals surface area contributed by atoms with E-state index in [2.05, 4.69) is 5.32 Å². The van der Waals surface area contributed by atoms with Crippen LogP contribution in [0.1, 0.15) is 24.1 Å². The van der Waals surface area contributed by atoms with Crippen molar-refractivity contribution in [2.24, 2.45) is 0 Å². The van der Waals surface area contributed by atoms with Crippen molar-refractivity contribution >= 4 is 35.2 Å². The highest BCUT2D eigenvalue weighted by molar-refractivity contribution is 6.31. The zero-order valence-electron chi connectivity index (χ0n) is 17.2. The number of hydrogen-bond acceptors (Lipinski definition) is 4. The van der Waals surface area contributed by atoms with Gasteiger partial charge in [-0.05, 0) is 43.2 Å². The largest absolute Gasteiger partial charge is 0.456 e. The number of esters is 1. The molecular formula is C23H22ClN3O4. The molecule has 0 aromatic heterocycles. The minimum Gasteiger partial charge on any atom is -0.456 e. The molecule has 7 nitrogen and oxygen atoms in total. The van der Waals surface area contributed by atoms with Gasteiger partial charge in [0.1, 0.15) is 13.2 Å². The number of aryl methyl sites for hydroxylation is 1. The molecule has 2 aliphatic rings. The number of nitrogens with one attached hydrogen (secondary N) is 1. The predicted octanol–water partition coefficient (Wildman–Crippen LogP) is 3.58. The lowest BCUT2D eigenvalue weighted by molar-refractivity contribution is -0.136. The molecule has 160 valence electrons. The fourth-order valence-electron chi connectivity index (χ4n) is 3.94. The van der Waals surface area contributed by atoms with E-state index in [4.69, 9.17) is 16.3 Å². The SMILES string of the molecule is CCN(C(=O)CN1C(=O)N[C@H](c2ccccc2Cl)C2=C1COC2=O)c1cccc(C)c1. The highest BCUT2D eigenvalue weighted by Crippen LogP contribution is 2.37. The number of likely N-dealkylation sites (N-methyl/N-ethyl adjacent to an activating group) is 1. The molecule has 0 radical (unpaired) electrons. The van der Waals surface area contributed by atoms with Crippen LogP contribution in [0.3, 0.4) is 0 Å². The summed E-state index contributed by atoms with van der Waals surface area (Å²) in [5, 5.41) is 3.24. The summed E-state index contributed by atoms with van der Waals surface area (Å²) >= 11 is 6.30. The van der Waals surface area contributed by atoms with E-state index in [1.54, 1.807) is 29.2 Å². The maximum Gasteiger partial charge on any atom is 0.338 e. The number of amides is 3. The lowest BCUT2D eigenvalue weighted by Gasteiger charge is -2.34. The summed E-state index contributed by atoms with van der Waals surface area (Å²) in [6.07, 6.45) is 0. The van der Waals surface area contributed by atoms with Gasteiger partial charge in [0.25, 0.3) is 0 Å². The molecule has 0 spiro atoms. The first kappa shape index (κ1) is 20.9. The van der Waals surface area contributed by atoms with Crippen LogP contribution >= 0.6 is 11.6 Å². The molecule has 0 saturated carbocycles. The average molecular weight is 440 g/mol. The van der Waals surface area contributed by atoms with Gasteiger partial charge in [-0.25, -0.2) is 9.59 Å². The molecule has 0 aliphatic carbocycles. The van der Waals surface area contributed by atoms with Crippen molar-refractivity contribution in [3.05, 3.63) is 76.0 Å². The van der Waals surface area contributed by atoms with Crippen LogP contribution in [0.2, 0.25) is 5.02 Å². The fraction of sp³-hybridized carbons (Fsp3) is 0.261. The van der Waals surface area contributed by atoms with Gasteiger partial charge in [-0.1, -0.05) is 41.9 Å². The van der Waals surface area contributed by atoms with Crippen LogP contribution in [-0.4, -0.2) is 42.5 Å². The van der Waals surface area contributed by atoms with Gasteiger partial charge >= 0.3 is 12.0 Å². The molecule has 31 heavy (non-hydrogen) atoms. The molecule has 8 heteroatoms. The number of nitrogens with zero attached hydrogens (tertiary/aromatic N) is 2. The number of carbonyl (C=O) groups excluding carboxylic acids is 3. The van der Waals surface area contributed by atoms with Crippen molar-refractivity contribution in [3.63, 3.8) is 0 Å². The Morgan fingerprint density at radius 3 is 2.71 bits per heavy atom. The average Bonchev–Trinajstić information content (AvgIpc) is 3.13. The molecule has 1 N–H and O–H groups in total. The van der Waals surface area contributed by atoms with Crippen molar-refractivity contribution in [1.29, 1.82) is 0 Å². The normalized spacial score (nSPS) is 17.9. The van der Waals surface area contributed by atoms with E-state index in [-0.39, 0.29) is 19.1 Å². The van der Waals surface area contributed by atoms with Gasteiger partial charge in [0.05, 0.1) is 17.3 Å². The lowest BCUT2D eigenvalue weighted by atomic mass is 9.95. The fourth-order valence-corrected chi connectivity index (χ4v) is 4.19. The van der Waals surface area contributed by atoms with Crippen LogP contribution < -0.4 is 10.2 Å². The van der Waals surface area contributed by atoms with E-state index < -0.39 is 18.0 Å². The number of urea groups is 1. The third kappa shape index (κ3) is 3.88. The van der Waals surface area contributed by atoms with Crippen LogP contribution in [0.5, 0.6) is 0 Å². The van der Waals surface area contributed by atoms with Crippen LogP contribution in [0.15, 0.2) is 59.8 Å². The Morgan fingerprint density at radius 2 is 2.00 bits per heavy atom. The molecule has 2 aromatic rings. The van der Waals surface area contributed by atoms with Crippen LogP contribution in [0.4, 0.5) is 10.5 Å². The Kier molecular flexibility index (Phi) is 5.69. The summed E-state index contributed by atoms with van der Waals surface area (Å²) in [6, 6.07) is 13.4. The van der Waals surface area contributed by atoms with E-state index in [0.717, 1.165) is 11.3 Å². The second-order valence-corrected chi connectivity index (χ2v) is 7.81.